The standard InChI is InChI=1S/C17H18O2/c1-14(18)17(2,15-9-5-3-6-10-15)13-19-16-11-7-4-8-12-16/h3-12H,13H2,1-2H3. The second-order valence-corrected chi connectivity index (χ2v) is 4.86. The maximum absolute atomic E-state index is 12.0. The topological polar surface area (TPSA) is 26.3 Å². The van der Waals surface area contributed by atoms with Gasteiger partial charge in [0.05, 0.1) is 5.41 Å². The minimum absolute atomic E-state index is 0.106. The summed E-state index contributed by atoms with van der Waals surface area (Å²) in [6.45, 7) is 3.88. The van der Waals surface area contributed by atoms with E-state index in [1.165, 1.54) is 0 Å². The van der Waals surface area contributed by atoms with Crippen LogP contribution in [0.25, 0.3) is 0 Å². The van der Waals surface area contributed by atoms with E-state index in [0.717, 1.165) is 11.3 Å². The zero-order chi connectivity index (χ0) is 13.7. The number of benzene rings is 2. The Labute approximate surface area is 114 Å². The predicted octanol–water partition coefficient (Wildman–Crippen LogP) is 3.61. The number of hydrogen-bond acceptors (Lipinski definition) is 2. The molecule has 2 aromatic carbocycles. The van der Waals surface area contributed by atoms with Crippen LogP contribution in [-0.2, 0) is 10.2 Å². The number of Topliss-reactive ketones (excluding diaryl/α,β-unsaturated/α-hetero) is 1. The van der Waals surface area contributed by atoms with Gasteiger partial charge in [-0.2, -0.15) is 0 Å². The highest BCUT2D eigenvalue weighted by Crippen LogP contribution is 2.26. The van der Waals surface area contributed by atoms with E-state index < -0.39 is 5.41 Å². The lowest BCUT2D eigenvalue weighted by Gasteiger charge is -2.27. The van der Waals surface area contributed by atoms with E-state index in [1.807, 2.05) is 67.6 Å². The molecule has 2 aromatic rings. The van der Waals surface area contributed by atoms with Gasteiger partial charge in [-0.3, -0.25) is 4.79 Å². The van der Waals surface area contributed by atoms with Gasteiger partial charge in [0.25, 0.3) is 0 Å². The van der Waals surface area contributed by atoms with Crippen molar-refractivity contribution in [3.8, 4) is 5.75 Å². The van der Waals surface area contributed by atoms with Crippen LogP contribution in [0.2, 0.25) is 0 Å². The van der Waals surface area contributed by atoms with Gasteiger partial charge in [-0.15, -0.1) is 0 Å². The van der Waals surface area contributed by atoms with Crippen LogP contribution >= 0.6 is 0 Å². The molecule has 0 saturated carbocycles. The molecule has 1 unspecified atom stereocenters. The first kappa shape index (κ1) is 13.3. The van der Waals surface area contributed by atoms with Gasteiger partial charge in [0.2, 0.25) is 0 Å². The number of rotatable bonds is 5. The van der Waals surface area contributed by atoms with E-state index in [9.17, 15) is 4.79 Å². The Balaban J connectivity index is 2.19. The molecule has 0 saturated heterocycles. The average Bonchev–Trinajstić information content (AvgIpc) is 2.46. The molecule has 0 bridgehead atoms. The van der Waals surface area contributed by atoms with Crippen molar-refractivity contribution in [1.82, 2.24) is 0 Å². The lowest BCUT2D eigenvalue weighted by atomic mass is 9.80. The summed E-state index contributed by atoms with van der Waals surface area (Å²) in [4.78, 5) is 12.0. The lowest BCUT2D eigenvalue weighted by molar-refractivity contribution is -0.122. The van der Waals surface area contributed by atoms with Gasteiger partial charge in [0, 0.05) is 0 Å². The fourth-order valence-electron chi connectivity index (χ4n) is 1.94. The molecule has 2 rings (SSSR count). The molecular weight excluding hydrogens is 236 g/mol. The highest BCUT2D eigenvalue weighted by molar-refractivity contribution is 5.87. The second kappa shape index (κ2) is 5.70. The molecule has 2 nitrogen and oxygen atoms in total. The van der Waals surface area contributed by atoms with E-state index in [2.05, 4.69) is 0 Å². The van der Waals surface area contributed by atoms with Crippen LogP contribution in [0.15, 0.2) is 60.7 Å². The molecule has 0 fully saturated rings. The van der Waals surface area contributed by atoms with Crippen LogP contribution in [0.3, 0.4) is 0 Å². The largest absolute Gasteiger partial charge is 0.492 e. The zero-order valence-corrected chi connectivity index (χ0v) is 11.3. The van der Waals surface area contributed by atoms with Crippen molar-refractivity contribution in [3.05, 3.63) is 66.2 Å². The Hall–Kier alpha value is -2.09. The molecule has 19 heavy (non-hydrogen) atoms. The number of ether oxygens (including phenoxy) is 1. The molecule has 98 valence electrons. The summed E-state index contributed by atoms with van der Waals surface area (Å²) >= 11 is 0. The van der Waals surface area contributed by atoms with Gasteiger partial charge in [0.1, 0.15) is 18.1 Å². The van der Waals surface area contributed by atoms with E-state index in [1.54, 1.807) is 6.92 Å². The maximum atomic E-state index is 12.0. The van der Waals surface area contributed by atoms with Crippen molar-refractivity contribution in [3.63, 3.8) is 0 Å². The third-order valence-corrected chi connectivity index (χ3v) is 3.46. The monoisotopic (exact) mass is 254 g/mol. The average molecular weight is 254 g/mol. The van der Waals surface area contributed by atoms with Crippen LogP contribution in [0.5, 0.6) is 5.75 Å². The Kier molecular flexibility index (Phi) is 4.00. The first-order valence-electron chi connectivity index (χ1n) is 6.37. The predicted molar refractivity (Wildman–Crippen MR) is 76.4 cm³/mol. The van der Waals surface area contributed by atoms with Crippen molar-refractivity contribution >= 4 is 5.78 Å². The van der Waals surface area contributed by atoms with Gasteiger partial charge in [0.15, 0.2) is 0 Å². The summed E-state index contributed by atoms with van der Waals surface area (Å²) in [5.74, 6) is 0.889. The van der Waals surface area contributed by atoms with Crippen molar-refractivity contribution in [2.75, 3.05) is 6.61 Å². The SMILES string of the molecule is CC(=O)C(C)(COc1ccccc1)c1ccccc1. The summed E-state index contributed by atoms with van der Waals surface area (Å²) in [5, 5.41) is 0. The van der Waals surface area contributed by atoms with E-state index in [-0.39, 0.29) is 5.78 Å². The first-order valence-corrected chi connectivity index (χ1v) is 6.37. The third kappa shape index (κ3) is 3.02. The Morgan fingerprint density at radius 3 is 2.05 bits per heavy atom. The number of ketones is 1. The molecule has 0 radical (unpaired) electrons. The van der Waals surface area contributed by atoms with Crippen LogP contribution < -0.4 is 4.74 Å². The van der Waals surface area contributed by atoms with Gasteiger partial charge in [-0.25, -0.2) is 0 Å². The zero-order valence-electron chi connectivity index (χ0n) is 11.3. The highest BCUT2D eigenvalue weighted by atomic mass is 16.5. The molecule has 0 heterocycles. The maximum Gasteiger partial charge on any atom is 0.143 e. The Morgan fingerprint density at radius 1 is 1.00 bits per heavy atom. The Morgan fingerprint density at radius 2 is 1.53 bits per heavy atom. The van der Waals surface area contributed by atoms with Crippen molar-refractivity contribution in [1.29, 1.82) is 0 Å². The van der Waals surface area contributed by atoms with Gasteiger partial charge in [-0.05, 0) is 31.5 Å². The van der Waals surface area contributed by atoms with Crippen LogP contribution in [0.1, 0.15) is 19.4 Å². The normalized spacial score (nSPS) is 13.6. The van der Waals surface area contributed by atoms with E-state index in [4.69, 9.17) is 4.74 Å². The molecular formula is C17H18O2. The molecule has 2 heteroatoms. The molecule has 1 atom stereocenters. The minimum atomic E-state index is -0.614. The smallest absolute Gasteiger partial charge is 0.143 e. The van der Waals surface area contributed by atoms with Crippen molar-refractivity contribution in [2.24, 2.45) is 0 Å². The summed E-state index contributed by atoms with van der Waals surface area (Å²) in [6.07, 6.45) is 0. The molecule has 0 aliphatic carbocycles. The molecule has 0 aliphatic heterocycles. The second-order valence-electron chi connectivity index (χ2n) is 4.86. The van der Waals surface area contributed by atoms with Gasteiger partial charge < -0.3 is 4.74 Å². The first-order chi connectivity index (χ1) is 9.13. The third-order valence-electron chi connectivity index (χ3n) is 3.46. The fourth-order valence-corrected chi connectivity index (χ4v) is 1.94. The summed E-state index contributed by atoms with van der Waals surface area (Å²) in [6, 6.07) is 19.3. The summed E-state index contributed by atoms with van der Waals surface area (Å²) < 4.78 is 5.77. The van der Waals surface area contributed by atoms with Crippen molar-refractivity contribution < 1.29 is 9.53 Å². The quantitative estimate of drug-likeness (QED) is 0.814. The lowest BCUT2D eigenvalue weighted by Crippen LogP contribution is -2.37. The summed E-state index contributed by atoms with van der Waals surface area (Å²) in [7, 11) is 0. The minimum Gasteiger partial charge on any atom is -0.492 e. The van der Waals surface area contributed by atoms with Gasteiger partial charge in [-0.1, -0.05) is 48.5 Å². The molecule has 0 aliphatic rings. The van der Waals surface area contributed by atoms with E-state index in [0.29, 0.717) is 6.61 Å². The molecule has 0 N–H and O–H groups in total. The van der Waals surface area contributed by atoms with Crippen molar-refractivity contribution in [2.45, 2.75) is 19.3 Å². The van der Waals surface area contributed by atoms with Gasteiger partial charge >= 0.3 is 0 Å². The molecule has 0 aromatic heterocycles. The molecule has 0 spiro atoms. The fraction of sp³-hybridized carbons (Fsp3) is 0.235. The van der Waals surface area contributed by atoms with Crippen LogP contribution in [-0.4, -0.2) is 12.4 Å². The van der Waals surface area contributed by atoms with Crippen LogP contribution in [0.4, 0.5) is 0 Å². The highest BCUT2D eigenvalue weighted by Gasteiger charge is 2.32. The Bertz CT molecular complexity index is 534. The number of carbonyl (C=O) groups excluding carboxylic acids is 1. The van der Waals surface area contributed by atoms with Crippen LogP contribution in [0, 0.1) is 0 Å². The molecule has 0 amide bonds. The number of hydrogen-bond donors (Lipinski definition) is 0. The summed E-state index contributed by atoms with van der Waals surface area (Å²) in [5.41, 5.74) is 0.371. The van der Waals surface area contributed by atoms with E-state index >= 15 is 0 Å². The number of para-hydroxylation sites is 1. The number of carbonyl (C=O) groups is 1.